The molecule has 3 heterocycles. The van der Waals surface area contributed by atoms with Crippen LogP contribution in [-0.2, 0) is 11.3 Å². The zero-order chi connectivity index (χ0) is 14.8. The molecular weight excluding hydrogens is 286 g/mol. The number of hydrogen-bond donors (Lipinski definition) is 0. The highest BCUT2D eigenvalue weighted by Crippen LogP contribution is 2.29. The van der Waals surface area contributed by atoms with Crippen molar-refractivity contribution in [2.24, 2.45) is 0 Å². The Morgan fingerprint density at radius 2 is 1.95 bits per heavy atom. The van der Waals surface area contributed by atoms with Crippen LogP contribution < -0.4 is 0 Å². The van der Waals surface area contributed by atoms with E-state index in [-0.39, 0.29) is 0 Å². The molecule has 7 heteroatoms. The number of rotatable bonds is 4. The fraction of sp³-hybridized carbons (Fsp3) is 0.286. The molecule has 0 saturated carbocycles. The van der Waals surface area contributed by atoms with Gasteiger partial charge in [0.15, 0.2) is 11.6 Å². The number of thiazole rings is 1. The first-order chi connectivity index (χ1) is 10.2. The van der Waals surface area contributed by atoms with Crippen LogP contribution in [0.15, 0.2) is 24.5 Å². The van der Waals surface area contributed by atoms with E-state index in [4.69, 9.17) is 4.74 Å². The molecule has 0 aliphatic rings. The standard InChI is InChI=1S/C14H15N5OS/c1-9-13(21-10(2)16-9)14-17-12(8-20-3)18-19(14)11-4-6-15-7-5-11/h4-7H,8H2,1-3H3. The Hall–Kier alpha value is -2.12. The SMILES string of the molecule is COCc1nc(-c2sc(C)nc2C)n(-c2ccncc2)n1. The summed E-state index contributed by atoms with van der Waals surface area (Å²) in [6.45, 7) is 4.35. The summed E-state index contributed by atoms with van der Waals surface area (Å²) in [6.07, 6.45) is 3.48. The summed E-state index contributed by atoms with van der Waals surface area (Å²) < 4.78 is 6.96. The number of aromatic nitrogens is 5. The van der Waals surface area contributed by atoms with Crippen LogP contribution in [0.2, 0.25) is 0 Å². The summed E-state index contributed by atoms with van der Waals surface area (Å²) in [7, 11) is 1.63. The van der Waals surface area contributed by atoms with Crippen LogP contribution in [0.5, 0.6) is 0 Å². The normalized spacial score (nSPS) is 11.0. The van der Waals surface area contributed by atoms with Gasteiger partial charge in [0, 0.05) is 19.5 Å². The molecule has 0 bridgehead atoms. The second-order valence-corrected chi connectivity index (χ2v) is 5.75. The molecule has 0 aliphatic heterocycles. The molecule has 21 heavy (non-hydrogen) atoms. The molecule has 3 aromatic rings. The molecule has 0 unspecified atom stereocenters. The molecule has 3 aromatic heterocycles. The van der Waals surface area contributed by atoms with Gasteiger partial charge in [-0.05, 0) is 26.0 Å². The topological polar surface area (TPSA) is 65.7 Å². The number of methoxy groups -OCH3 is 1. The number of ether oxygens (including phenoxy) is 1. The maximum absolute atomic E-state index is 5.14. The predicted molar refractivity (Wildman–Crippen MR) is 80.4 cm³/mol. The first kappa shape index (κ1) is 13.8. The lowest BCUT2D eigenvalue weighted by molar-refractivity contribution is 0.178. The molecule has 0 fully saturated rings. The van der Waals surface area contributed by atoms with Crippen molar-refractivity contribution >= 4 is 11.3 Å². The van der Waals surface area contributed by atoms with E-state index in [1.807, 2.05) is 30.7 Å². The van der Waals surface area contributed by atoms with Crippen molar-refractivity contribution in [1.29, 1.82) is 0 Å². The van der Waals surface area contributed by atoms with Gasteiger partial charge in [-0.25, -0.2) is 14.6 Å². The average molecular weight is 301 g/mol. The van der Waals surface area contributed by atoms with Crippen LogP contribution in [0.25, 0.3) is 16.4 Å². The largest absolute Gasteiger partial charge is 0.377 e. The number of pyridine rings is 1. The number of aryl methyl sites for hydroxylation is 2. The second kappa shape index (κ2) is 5.71. The van der Waals surface area contributed by atoms with E-state index in [9.17, 15) is 0 Å². The summed E-state index contributed by atoms with van der Waals surface area (Å²) >= 11 is 1.62. The number of hydrogen-bond acceptors (Lipinski definition) is 6. The summed E-state index contributed by atoms with van der Waals surface area (Å²) in [6, 6.07) is 3.80. The van der Waals surface area contributed by atoms with Gasteiger partial charge in [0.2, 0.25) is 0 Å². The summed E-state index contributed by atoms with van der Waals surface area (Å²) in [4.78, 5) is 14.1. The van der Waals surface area contributed by atoms with Gasteiger partial charge in [-0.3, -0.25) is 4.98 Å². The molecule has 0 saturated heterocycles. The van der Waals surface area contributed by atoms with Crippen LogP contribution in [0.1, 0.15) is 16.5 Å². The van der Waals surface area contributed by atoms with Crippen molar-refractivity contribution < 1.29 is 4.74 Å². The first-order valence-electron chi connectivity index (χ1n) is 6.48. The van der Waals surface area contributed by atoms with Crippen LogP contribution in [0, 0.1) is 13.8 Å². The predicted octanol–water partition coefficient (Wildman–Crippen LogP) is 2.55. The van der Waals surface area contributed by atoms with Crippen molar-refractivity contribution in [2.45, 2.75) is 20.5 Å². The molecule has 0 spiro atoms. The van der Waals surface area contributed by atoms with Gasteiger partial charge in [0.1, 0.15) is 6.61 Å². The van der Waals surface area contributed by atoms with E-state index in [0.717, 1.165) is 27.1 Å². The van der Waals surface area contributed by atoms with Gasteiger partial charge in [-0.15, -0.1) is 16.4 Å². The van der Waals surface area contributed by atoms with E-state index in [1.54, 1.807) is 30.8 Å². The maximum atomic E-state index is 5.14. The average Bonchev–Trinajstić information content (AvgIpc) is 3.03. The monoisotopic (exact) mass is 301 g/mol. The maximum Gasteiger partial charge on any atom is 0.177 e. The van der Waals surface area contributed by atoms with Crippen LogP contribution in [-0.4, -0.2) is 31.8 Å². The van der Waals surface area contributed by atoms with Crippen LogP contribution >= 0.6 is 11.3 Å². The highest BCUT2D eigenvalue weighted by molar-refractivity contribution is 7.15. The summed E-state index contributed by atoms with van der Waals surface area (Å²) in [5, 5.41) is 5.54. The quantitative estimate of drug-likeness (QED) is 0.741. The Bertz CT molecular complexity index is 750. The fourth-order valence-electron chi connectivity index (χ4n) is 2.10. The molecule has 108 valence electrons. The van der Waals surface area contributed by atoms with E-state index in [0.29, 0.717) is 12.4 Å². The molecule has 0 aromatic carbocycles. The van der Waals surface area contributed by atoms with Crippen molar-refractivity contribution in [3.8, 4) is 16.4 Å². The molecule has 0 amide bonds. The highest BCUT2D eigenvalue weighted by Gasteiger charge is 2.18. The van der Waals surface area contributed by atoms with Gasteiger partial charge in [-0.1, -0.05) is 0 Å². The van der Waals surface area contributed by atoms with Gasteiger partial charge in [0.25, 0.3) is 0 Å². The van der Waals surface area contributed by atoms with Gasteiger partial charge in [0.05, 0.1) is 21.3 Å². The minimum atomic E-state index is 0.377. The Balaban J connectivity index is 2.16. The van der Waals surface area contributed by atoms with Crippen molar-refractivity contribution in [1.82, 2.24) is 24.7 Å². The Morgan fingerprint density at radius 1 is 1.19 bits per heavy atom. The third-order valence-corrected chi connectivity index (χ3v) is 4.01. The zero-order valence-electron chi connectivity index (χ0n) is 12.1. The summed E-state index contributed by atoms with van der Waals surface area (Å²) in [5.41, 5.74) is 1.88. The van der Waals surface area contributed by atoms with Crippen molar-refractivity contribution in [2.75, 3.05) is 7.11 Å². The lowest BCUT2D eigenvalue weighted by Crippen LogP contribution is -2.00. The van der Waals surface area contributed by atoms with E-state index in [2.05, 4.69) is 20.1 Å². The van der Waals surface area contributed by atoms with Gasteiger partial charge >= 0.3 is 0 Å². The van der Waals surface area contributed by atoms with E-state index >= 15 is 0 Å². The van der Waals surface area contributed by atoms with E-state index in [1.165, 1.54) is 0 Å². The van der Waals surface area contributed by atoms with Crippen LogP contribution in [0.4, 0.5) is 0 Å². The zero-order valence-corrected chi connectivity index (χ0v) is 12.9. The molecular formula is C14H15N5OS. The second-order valence-electron chi connectivity index (χ2n) is 4.55. The molecule has 6 nitrogen and oxygen atoms in total. The number of nitrogens with zero attached hydrogens (tertiary/aromatic N) is 5. The minimum absolute atomic E-state index is 0.377. The molecule has 0 atom stereocenters. The molecule has 3 rings (SSSR count). The third-order valence-electron chi connectivity index (χ3n) is 2.94. The summed E-state index contributed by atoms with van der Waals surface area (Å²) in [5.74, 6) is 1.44. The van der Waals surface area contributed by atoms with Gasteiger partial charge < -0.3 is 4.74 Å². The lowest BCUT2D eigenvalue weighted by atomic mass is 10.3. The lowest BCUT2D eigenvalue weighted by Gasteiger charge is -2.03. The fourth-order valence-corrected chi connectivity index (χ4v) is 2.99. The molecule has 0 radical (unpaired) electrons. The molecule has 0 aliphatic carbocycles. The van der Waals surface area contributed by atoms with Gasteiger partial charge in [-0.2, -0.15) is 0 Å². The smallest absolute Gasteiger partial charge is 0.177 e. The molecule has 0 N–H and O–H groups in total. The highest BCUT2D eigenvalue weighted by atomic mass is 32.1. The minimum Gasteiger partial charge on any atom is -0.377 e. The third kappa shape index (κ3) is 2.70. The van der Waals surface area contributed by atoms with Crippen molar-refractivity contribution in [3.63, 3.8) is 0 Å². The first-order valence-corrected chi connectivity index (χ1v) is 7.30. The Morgan fingerprint density at radius 3 is 2.57 bits per heavy atom. The Kier molecular flexibility index (Phi) is 3.76. The van der Waals surface area contributed by atoms with Crippen molar-refractivity contribution in [3.05, 3.63) is 41.1 Å². The van der Waals surface area contributed by atoms with E-state index < -0.39 is 0 Å². The van der Waals surface area contributed by atoms with Crippen LogP contribution in [0.3, 0.4) is 0 Å². The Labute approximate surface area is 126 Å².